The van der Waals surface area contributed by atoms with Crippen molar-refractivity contribution in [1.82, 2.24) is 0 Å². The first-order valence-electron chi connectivity index (χ1n) is 7.96. The molecule has 0 fully saturated rings. The van der Waals surface area contributed by atoms with E-state index in [9.17, 15) is 4.79 Å². The Morgan fingerprint density at radius 3 is 2.42 bits per heavy atom. The van der Waals surface area contributed by atoms with Gasteiger partial charge in [0.1, 0.15) is 0 Å². The maximum atomic E-state index is 12.5. The molecule has 0 saturated carbocycles. The minimum absolute atomic E-state index is 0.0838. The van der Waals surface area contributed by atoms with Crippen LogP contribution < -0.4 is 4.90 Å². The van der Waals surface area contributed by atoms with Gasteiger partial charge < -0.3 is 4.90 Å². The van der Waals surface area contributed by atoms with Crippen LogP contribution >= 0.6 is 0 Å². The first-order valence-corrected chi connectivity index (χ1v) is 7.96. The van der Waals surface area contributed by atoms with Gasteiger partial charge >= 0.3 is 0 Å². The summed E-state index contributed by atoms with van der Waals surface area (Å²) in [4.78, 5) is 18.9. The van der Waals surface area contributed by atoms with Crippen molar-refractivity contribution in [3.63, 3.8) is 0 Å². The Morgan fingerprint density at radius 1 is 0.958 bits per heavy atom. The normalized spacial score (nSPS) is 11.1. The monoisotopic (exact) mass is 316 g/mol. The predicted octanol–water partition coefficient (Wildman–Crippen LogP) is 4.88. The van der Waals surface area contributed by atoms with E-state index in [2.05, 4.69) is 4.99 Å². The quantitative estimate of drug-likeness (QED) is 0.496. The molecular weight excluding hydrogens is 296 g/mol. The highest BCUT2D eigenvalue weighted by Gasteiger charge is 2.08. The van der Waals surface area contributed by atoms with Gasteiger partial charge in [-0.05, 0) is 35.0 Å². The molecule has 0 unspecified atom stereocenters. The molecule has 0 radical (unpaired) electrons. The molecule has 0 aliphatic heterocycles. The van der Waals surface area contributed by atoms with Crippen LogP contribution in [0.4, 0.5) is 11.4 Å². The molecule has 3 rings (SSSR count). The molecule has 3 aromatic rings. The lowest BCUT2D eigenvalue weighted by atomic mass is 10.0. The predicted molar refractivity (Wildman–Crippen MR) is 102 cm³/mol. The molecular formula is C21H20N2O. The molecule has 0 atom stereocenters. The van der Waals surface area contributed by atoms with Crippen LogP contribution in [-0.4, -0.2) is 26.1 Å². The number of rotatable bonds is 5. The lowest BCUT2D eigenvalue weighted by Crippen LogP contribution is -2.07. The Balaban J connectivity index is 1.72. The SMILES string of the molecule is CN(C)c1ccc(N=CCC(=O)c2cccc3ccccc23)cc1. The maximum Gasteiger partial charge on any atom is 0.168 e. The van der Waals surface area contributed by atoms with E-state index in [-0.39, 0.29) is 5.78 Å². The Hall–Kier alpha value is -2.94. The lowest BCUT2D eigenvalue weighted by molar-refractivity contribution is 0.100. The second kappa shape index (κ2) is 7.09. The third-order valence-electron chi connectivity index (χ3n) is 3.97. The maximum absolute atomic E-state index is 12.5. The van der Waals surface area contributed by atoms with E-state index in [1.165, 1.54) is 0 Å². The summed E-state index contributed by atoms with van der Waals surface area (Å²) in [5, 5.41) is 2.08. The number of nitrogens with zero attached hydrogens (tertiary/aromatic N) is 2. The minimum atomic E-state index is 0.0838. The van der Waals surface area contributed by atoms with Crippen molar-refractivity contribution in [2.24, 2.45) is 4.99 Å². The van der Waals surface area contributed by atoms with E-state index in [1.807, 2.05) is 85.7 Å². The number of anilines is 1. The van der Waals surface area contributed by atoms with Crippen molar-refractivity contribution < 1.29 is 4.79 Å². The molecule has 0 N–H and O–H groups in total. The number of hydrogen-bond donors (Lipinski definition) is 0. The zero-order valence-corrected chi connectivity index (χ0v) is 13.9. The van der Waals surface area contributed by atoms with Crippen molar-refractivity contribution in [2.45, 2.75) is 6.42 Å². The van der Waals surface area contributed by atoms with Crippen LogP contribution in [0, 0.1) is 0 Å². The summed E-state index contributed by atoms with van der Waals surface area (Å²) in [7, 11) is 4.00. The van der Waals surface area contributed by atoms with Gasteiger partial charge in [-0.2, -0.15) is 0 Å². The van der Waals surface area contributed by atoms with Gasteiger partial charge in [0.2, 0.25) is 0 Å². The Labute approximate surface area is 142 Å². The molecule has 24 heavy (non-hydrogen) atoms. The molecule has 0 aliphatic carbocycles. The second-order valence-electron chi connectivity index (χ2n) is 5.88. The van der Waals surface area contributed by atoms with E-state index in [0.29, 0.717) is 6.42 Å². The molecule has 0 bridgehead atoms. The molecule has 3 aromatic carbocycles. The molecule has 3 heteroatoms. The Kier molecular flexibility index (Phi) is 4.71. The van der Waals surface area contributed by atoms with Crippen LogP contribution in [0.3, 0.4) is 0 Å². The number of Topliss-reactive ketones (excluding diaryl/α,β-unsaturated/α-hetero) is 1. The minimum Gasteiger partial charge on any atom is -0.378 e. The first kappa shape index (κ1) is 15.9. The van der Waals surface area contributed by atoms with Gasteiger partial charge in [-0.25, -0.2) is 0 Å². The van der Waals surface area contributed by atoms with Gasteiger partial charge in [-0.3, -0.25) is 9.79 Å². The third kappa shape index (κ3) is 3.51. The summed E-state index contributed by atoms with van der Waals surface area (Å²) in [6.07, 6.45) is 1.98. The van der Waals surface area contributed by atoms with Crippen LogP contribution in [0.25, 0.3) is 10.8 Å². The summed E-state index contributed by atoms with van der Waals surface area (Å²) in [6, 6.07) is 21.7. The van der Waals surface area contributed by atoms with Crippen LogP contribution in [-0.2, 0) is 0 Å². The van der Waals surface area contributed by atoms with Gasteiger partial charge in [-0.1, -0.05) is 42.5 Å². The fourth-order valence-electron chi connectivity index (χ4n) is 2.65. The zero-order valence-electron chi connectivity index (χ0n) is 13.9. The average Bonchev–Trinajstić information content (AvgIpc) is 2.61. The van der Waals surface area contributed by atoms with E-state index < -0.39 is 0 Å². The fourth-order valence-corrected chi connectivity index (χ4v) is 2.65. The zero-order chi connectivity index (χ0) is 16.9. The highest BCUT2D eigenvalue weighted by molar-refractivity contribution is 6.12. The fraction of sp³-hybridized carbons (Fsp3) is 0.143. The number of carbonyl (C=O) groups is 1. The molecule has 0 amide bonds. The molecule has 0 spiro atoms. The smallest absolute Gasteiger partial charge is 0.168 e. The summed E-state index contributed by atoms with van der Waals surface area (Å²) in [5.74, 6) is 0.0838. The standard InChI is InChI=1S/C21H20N2O/c1-23(2)18-12-10-17(11-13-18)22-15-14-21(24)20-9-5-7-16-6-3-4-8-19(16)20/h3-13,15H,14H2,1-2H3. The van der Waals surface area contributed by atoms with Gasteiger partial charge in [0.15, 0.2) is 5.78 Å². The van der Waals surface area contributed by atoms with E-state index in [4.69, 9.17) is 0 Å². The Bertz CT molecular complexity index is 874. The van der Waals surface area contributed by atoms with Crippen molar-refractivity contribution >= 4 is 34.1 Å². The van der Waals surface area contributed by atoms with Gasteiger partial charge in [-0.15, -0.1) is 0 Å². The van der Waals surface area contributed by atoms with E-state index in [0.717, 1.165) is 27.7 Å². The summed E-state index contributed by atoms with van der Waals surface area (Å²) in [6.45, 7) is 0. The Morgan fingerprint density at radius 2 is 1.67 bits per heavy atom. The molecule has 0 aliphatic rings. The third-order valence-corrected chi connectivity index (χ3v) is 3.97. The van der Waals surface area contributed by atoms with Crippen LogP contribution in [0.15, 0.2) is 71.7 Å². The van der Waals surface area contributed by atoms with Crippen LogP contribution in [0.1, 0.15) is 16.8 Å². The largest absolute Gasteiger partial charge is 0.378 e. The number of hydrogen-bond acceptors (Lipinski definition) is 3. The van der Waals surface area contributed by atoms with Crippen molar-refractivity contribution in [2.75, 3.05) is 19.0 Å². The summed E-state index contributed by atoms with van der Waals surface area (Å²) in [5.41, 5.74) is 2.73. The van der Waals surface area contributed by atoms with Crippen LogP contribution in [0.2, 0.25) is 0 Å². The highest BCUT2D eigenvalue weighted by atomic mass is 16.1. The number of ketones is 1. The number of fused-ring (bicyclic) bond motifs is 1. The number of carbonyl (C=O) groups excluding carboxylic acids is 1. The summed E-state index contributed by atoms with van der Waals surface area (Å²) >= 11 is 0. The molecule has 0 aromatic heterocycles. The first-order chi connectivity index (χ1) is 11.6. The van der Waals surface area contributed by atoms with Gasteiger partial charge in [0.25, 0.3) is 0 Å². The summed E-state index contributed by atoms with van der Waals surface area (Å²) < 4.78 is 0. The van der Waals surface area contributed by atoms with Crippen molar-refractivity contribution in [3.05, 3.63) is 72.3 Å². The lowest BCUT2D eigenvalue weighted by Gasteiger charge is -2.11. The number of aliphatic imine (C=N–C) groups is 1. The van der Waals surface area contributed by atoms with Gasteiger partial charge in [0.05, 0.1) is 5.69 Å². The number of benzene rings is 3. The van der Waals surface area contributed by atoms with Crippen LogP contribution in [0.5, 0.6) is 0 Å². The molecule has 3 nitrogen and oxygen atoms in total. The van der Waals surface area contributed by atoms with Gasteiger partial charge in [0, 0.05) is 38.0 Å². The molecule has 0 saturated heterocycles. The topological polar surface area (TPSA) is 32.7 Å². The van der Waals surface area contributed by atoms with Crippen molar-refractivity contribution in [3.8, 4) is 0 Å². The molecule has 120 valence electrons. The highest BCUT2D eigenvalue weighted by Crippen LogP contribution is 2.20. The van der Waals surface area contributed by atoms with Crippen molar-refractivity contribution in [1.29, 1.82) is 0 Å². The van der Waals surface area contributed by atoms with E-state index >= 15 is 0 Å². The second-order valence-corrected chi connectivity index (χ2v) is 5.88. The van der Waals surface area contributed by atoms with E-state index in [1.54, 1.807) is 6.21 Å². The molecule has 0 heterocycles. The average molecular weight is 316 g/mol.